The van der Waals surface area contributed by atoms with Crippen LogP contribution in [0.1, 0.15) is 16.9 Å². The van der Waals surface area contributed by atoms with Crippen LogP contribution in [0.4, 0.5) is 11.7 Å². The molecule has 0 saturated carbocycles. The fourth-order valence-electron chi connectivity index (χ4n) is 2.30. The average Bonchev–Trinajstić information content (AvgIpc) is 3.00. The van der Waals surface area contributed by atoms with Crippen LogP contribution >= 0.6 is 23.2 Å². The van der Waals surface area contributed by atoms with Crippen LogP contribution in [-0.4, -0.2) is 12.1 Å². The van der Waals surface area contributed by atoms with Crippen LogP contribution in [0.2, 0.25) is 10.0 Å². The number of halogens is 2. The third-order valence-electron chi connectivity index (χ3n) is 3.48. The van der Waals surface area contributed by atoms with Gasteiger partial charge in [0.25, 0.3) is 6.01 Å². The number of hydrogen-bond donors (Lipinski definition) is 1. The number of aromatic nitrogens is 1. The van der Waals surface area contributed by atoms with Gasteiger partial charge in [0.2, 0.25) is 0 Å². The van der Waals surface area contributed by atoms with Crippen molar-refractivity contribution in [2.75, 3.05) is 12.4 Å². The van der Waals surface area contributed by atoms with E-state index < -0.39 is 0 Å². The number of oxazole rings is 1. The van der Waals surface area contributed by atoms with Crippen LogP contribution in [0.3, 0.4) is 0 Å². The Kier molecular flexibility index (Phi) is 5.41. The summed E-state index contributed by atoms with van der Waals surface area (Å²) >= 11 is 12.4. The normalized spacial score (nSPS) is 10.8. The molecule has 0 unspecified atom stereocenters. The number of hydrogen-bond acceptors (Lipinski definition) is 4. The Balaban J connectivity index is 1.69. The molecule has 0 aliphatic carbocycles. The molecule has 24 heavy (non-hydrogen) atoms. The fraction of sp³-hybridized carbons (Fsp3) is 0.167. The predicted molar refractivity (Wildman–Crippen MR) is 96.2 cm³/mol. The number of methoxy groups -OCH3 is 1. The topological polar surface area (TPSA) is 47.3 Å². The summed E-state index contributed by atoms with van der Waals surface area (Å²) in [4.78, 5) is 4.24. The van der Waals surface area contributed by atoms with Crippen LogP contribution in [0.25, 0.3) is 0 Å². The van der Waals surface area contributed by atoms with Crippen molar-refractivity contribution in [2.24, 2.45) is 0 Å². The molecule has 0 saturated heterocycles. The Labute approximate surface area is 150 Å². The third kappa shape index (κ3) is 4.09. The summed E-state index contributed by atoms with van der Waals surface area (Å²) < 4.78 is 10.8. The molecule has 0 amide bonds. The molecule has 3 aromatic rings. The molecular weight excluding hydrogens is 347 g/mol. The van der Waals surface area contributed by atoms with Gasteiger partial charge in [-0.2, -0.15) is 0 Å². The molecule has 0 atom stereocenters. The standard InChI is InChI=1S/C18H16Cl2N2O2/c1-23-11-12-5-7-13(8-6-12)22-18-21-10-14(24-18)9-15-16(19)3-2-4-17(15)20/h2-8,10H,9,11H2,1H3,(H,21,22). The molecule has 0 aliphatic rings. The Bertz CT molecular complexity index is 796. The van der Waals surface area contributed by atoms with Crippen molar-refractivity contribution in [1.29, 1.82) is 0 Å². The Morgan fingerprint density at radius 1 is 1.08 bits per heavy atom. The maximum atomic E-state index is 6.18. The van der Waals surface area contributed by atoms with E-state index in [4.69, 9.17) is 32.4 Å². The SMILES string of the molecule is COCc1ccc(Nc2ncc(Cc3c(Cl)cccc3Cl)o2)cc1. The summed E-state index contributed by atoms with van der Waals surface area (Å²) in [5, 5.41) is 4.35. The number of anilines is 2. The lowest BCUT2D eigenvalue weighted by atomic mass is 10.1. The van der Waals surface area contributed by atoms with E-state index in [9.17, 15) is 0 Å². The van der Waals surface area contributed by atoms with Gasteiger partial charge in [-0.05, 0) is 35.4 Å². The largest absolute Gasteiger partial charge is 0.428 e. The first-order valence-corrected chi connectivity index (χ1v) is 8.14. The molecule has 0 aliphatic heterocycles. The molecule has 1 aromatic heterocycles. The van der Waals surface area contributed by atoms with Crippen molar-refractivity contribution in [1.82, 2.24) is 4.98 Å². The van der Waals surface area contributed by atoms with Crippen molar-refractivity contribution in [3.8, 4) is 0 Å². The van der Waals surface area contributed by atoms with Gasteiger partial charge in [-0.25, -0.2) is 4.98 Å². The molecular formula is C18H16Cl2N2O2. The Hall–Kier alpha value is -2.01. The minimum atomic E-state index is 0.424. The lowest BCUT2D eigenvalue weighted by molar-refractivity contribution is 0.185. The monoisotopic (exact) mass is 362 g/mol. The Morgan fingerprint density at radius 3 is 2.46 bits per heavy atom. The zero-order valence-electron chi connectivity index (χ0n) is 13.1. The highest BCUT2D eigenvalue weighted by Crippen LogP contribution is 2.28. The number of benzene rings is 2. The van der Waals surface area contributed by atoms with Crippen LogP contribution in [-0.2, 0) is 17.8 Å². The van der Waals surface area contributed by atoms with Gasteiger partial charge in [0.1, 0.15) is 5.76 Å². The van der Waals surface area contributed by atoms with E-state index in [2.05, 4.69) is 10.3 Å². The van der Waals surface area contributed by atoms with Crippen molar-refractivity contribution in [3.05, 3.63) is 75.6 Å². The lowest BCUT2D eigenvalue weighted by Crippen LogP contribution is -1.92. The quantitative estimate of drug-likeness (QED) is 0.632. The summed E-state index contributed by atoms with van der Waals surface area (Å²) in [7, 11) is 1.67. The third-order valence-corrected chi connectivity index (χ3v) is 4.19. The van der Waals surface area contributed by atoms with E-state index in [0.717, 1.165) is 16.8 Å². The first kappa shape index (κ1) is 16.8. The van der Waals surface area contributed by atoms with E-state index in [0.29, 0.717) is 34.8 Å². The second-order valence-corrected chi connectivity index (χ2v) is 6.08. The van der Waals surface area contributed by atoms with Crippen LogP contribution < -0.4 is 5.32 Å². The van der Waals surface area contributed by atoms with Gasteiger partial charge in [0.15, 0.2) is 0 Å². The molecule has 2 aromatic carbocycles. The van der Waals surface area contributed by atoms with E-state index in [1.165, 1.54) is 0 Å². The summed E-state index contributed by atoms with van der Waals surface area (Å²) in [5.41, 5.74) is 2.82. The van der Waals surface area contributed by atoms with Gasteiger partial charge in [-0.15, -0.1) is 0 Å². The average molecular weight is 363 g/mol. The zero-order valence-corrected chi connectivity index (χ0v) is 14.6. The number of ether oxygens (including phenoxy) is 1. The highest BCUT2D eigenvalue weighted by Gasteiger charge is 2.10. The van der Waals surface area contributed by atoms with Crippen LogP contribution in [0, 0.1) is 0 Å². The van der Waals surface area contributed by atoms with Gasteiger partial charge < -0.3 is 14.5 Å². The fourth-order valence-corrected chi connectivity index (χ4v) is 2.83. The van der Waals surface area contributed by atoms with Gasteiger partial charge in [-0.3, -0.25) is 0 Å². The second kappa shape index (κ2) is 7.71. The van der Waals surface area contributed by atoms with Crippen molar-refractivity contribution in [2.45, 2.75) is 13.0 Å². The molecule has 1 heterocycles. The van der Waals surface area contributed by atoms with Crippen molar-refractivity contribution in [3.63, 3.8) is 0 Å². The first-order valence-electron chi connectivity index (χ1n) is 7.38. The molecule has 0 bridgehead atoms. The van der Waals surface area contributed by atoms with Gasteiger partial charge >= 0.3 is 0 Å². The minimum Gasteiger partial charge on any atom is -0.428 e. The van der Waals surface area contributed by atoms with Gasteiger partial charge in [0, 0.05) is 29.3 Å². The highest BCUT2D eigenvalue weighted by atomic mass is 35.5. The molecule has 3 rings (SSSR count). The van der Waals surface area contributed by atoms with Crippen molar-refractivity contribution >= 4 is 34.9 Å². The molecule has 1 N–H and O–H groups in total. The van der Waals surface area contributed by atoms with Gasteiger partial charge in [0.05, 0.1) is 12.8 Å². The van der Waals surface area contributed by atoms with Crippen LogP contribution in [0.15, 0.2) is 53.1 Å². The maximum absolute atomic E-state index is 6.18. The van der Waals surface area contributed by atoms with E-state index in [1.54, 1.807) is 25.4 Å². The molecule has 0 radical (unpaired) electrons. The summed E-state index contributed by atoms with van der Waals surface area (Å²) in [5.74, 6) is 0.684. The number of nitrogens with one attached hydrogen (secondary N) is 1. The smallest absolute Gasteiger partial charge is 0.299 e. The molecule has 0 fully saturated rings. The van der Waals surface area contributed by atoms with E-state index >= 15 is 0 Å². The van der Waals surface area contributed by atoms with Crippen LogP contribution in [0.5, 0.6) is 0 Å². The highest BCUT2D eigenvalue weighted by molar-refractivity contribution is 6.36. The number of nitrogens with zero attached hydrogens (tertiary/aromatic N) is 1. The zero-order chi connectivity index (χ0) is 16.9. The lowest BCUT2D eigenvalue weighted by Gasteiger charge is -2.05. The molecule has 6 heteroatoms. The predicted octanol–water partition coefficient (Wildman–Crippen LogP) is 5.46. The second-order valence-electron chi connectivity index (χ2n) is 5.26. The van der Waals surface area contributed by atoms with E-state index in [1.807, 2.05) is 30.3 Å². The minimum absolute atomic E-state index is 0.424. The summed E-state index contributed by atoms with van der Waals surface area (Å²) in [6.07, 6.45) is 2.15. The summed E-state index contributed by atoms with van der Waals surface area (Å²) in [6, 6.07) is 13.7. The van der Waals surface area contributed by atoms with Crippen molar-refractivity contribution < 1.29 is 9.15 Å². The van der Waals surface area contributed by atoms with Gasteiger partial charge in [-0.1, -0.05) is 41.4 Å². The maximum Gasteiger partial charge on any atom is 0.299 e. The van der Waals surface area contributed by atoms with E-state index in [-0.39, 0.29) is 0 Å². The molecule has 124 valence electrons. The number of rotatable bonds is 6. The summed E-state index contributed by atoms with van der Waals surface area (Å²) in [6.45, 7) is 0.585. The molecule has 0 spiro atoms. The molecule has 4 nitrogen and oxygen atoms in total. The Morgan fingerprint density at radius 2 is 1.79 bits per heavy atom. The first-order chi connectivity index (χ1) is 11.7.